The number of hydrogen-bond donors (Lipinski definition) is 2. The SMILES string of the molecule is O=C(NC(c1ccccn1)C1CCCC1)c1ccc2[nH]nc(-c3ccc(O[C@@H]4C[C@H]5CC[C@@H](C4)N5C4COC4)cc3)c2c1. The number of rotatable bonds is 8. The summed E-state index contributed by atoms with van der Waals surface area (Å²) < 4.78 is 12.0. The third-order valence-electron chi connectivity index (χ3n) is 10.2. The van der Waals surface area contributed by atoms with Crippen LogP contribution < -0.4 is 10.1 Å². The number of fused-ring (bicyclic) bond motifs is 3. The number of nitrogens with zero attached hydrogens (tertiary/aromatic N) is 3. The second-order valence-corrected chi connectivity index (χ2v) is 12.8. The van der Waals surface area contributed by atoms with Crippen molar-refractivity contribution in [2.24, 2.45) is 5.92 Å². The highest BCUT2D eigenvalue weighted by molar-refractivity contribution is 6.01. The van der Waals surface area contributed by atoms with E-state index in [0.717, 1.165) is 72.5 Å². The number of carbonyl (C=O) groups excluding carboxylic acids is 1. The van der Waals surface area contributed by atoms with Crippen LogP contribution in [0.4, 0.5) is 0 Å². The number of benzene rings is 2. The normalized spacial score (nSPS) is 25.1. The largest absolute Gasteiger partial charge is 0.490 e. The molecule has 5 heterocycles. The summed E-state index contributed by atoms with van der Waals surface area (Å²) in [4.78, 5) is 20.9. The molecule has 3 aliphatic heterocycles. The van der Waals surface area contributed by atoms with Crippen LogP contribution in [-0.4, -0.2) is 63.4 Å². The smallest absolute Gasteiger partial charge is 0.251 e. The summed E-state index contributed by atoms with van der Waals surface area (Å²) in [5.74, 6) is 1.24. The molecule has 222 valence electrons. The molecule has 3 saturated heterocycles. The van der Waals surface area contributed by atoms with E-state index in [1.807, 2.05) is 42.6 Å². The summed E-state index contributed by atoms with van der Waals surface area (Å²) in [6, 6.07) is 21.7. The molecule has 4 fully saturated rings. The van der Waals surface area contributed by atoms with E-state index in [2.05, 4.69) is 49.7 Å². The number of pyridine rings is 1. The van der Waals surface area contributed by atoms with Crippen molar-refractivity contribution < 1.29 is 14.3 Å². The summed E-state index contributed by atoms with van der Waals surface area (Å²) in [7, 11) is 0. The number of ether oxygens (including phenoxy) is 2. The number of hydrogen-bond acceptors (Lipinski definition) is 6. The van der Waals surface area contributed by atoms with Crippen LogP contribution in [0.2, 0.25) is 0 Å². The van der Waals surface area contributed by atoms with Gasteiger partial charge in [-0.1, -0.05) is 18.9 Å². The van der Waals surface area contributed by atoms with Gasteiger partial charge in [0.1, 0.15) is 11.9 Å². The van der Waals surface area contributed by atoms with Gasteiger partial charge in [0.2, 0.25) is 0 Å². The van der Waals surface area contributed by atoms with Gasteiger partial charge in [-0.2, -0.15) is 5.10 Å². The molecule has 1 amide bonds. The van der Waals surface area contributed by atoms with Gasteiger partial charge < -0.3 is 14.8 Å². The molecule has 0 radical (unpaired) electrons. The fourth-order valence-corrected chi connectivity index (χ4v) is 8.02. The van der Waals surface area contributed by atoms with Crippen LogP contribution in [-0.2, 0) is 4.74 Å². The number of piperidine rings is 1. The van der Waals surface area contributed by atoms with E-state index < -0.39 is 0 Å². The molecule has 0 spiro atoms. The first-order valence-electron chi connectivity index (χ1n) is 16.0. The van der Waals surface area contributed by atoms with E-state index >= 15 is 0 Å². The molecule has 1 saturated carbocycles. The Balaban J connectivity index is 0.974. The zero-order valence-corrected chi connectivity index (χ0v) is 24.5. The van der Waals surface area contributed by atoms with Crippen molar-refractivity contribution in [3.8, 4) is 17.0 Å². The van der Waals surface area contributed by atoms with Gasteiger partial charge in [-0.05, 0) is 99.0 Å². The van der Waals surface area contributed by atoms with Crippen molar-refractivity contribution >= 4 is 16.8 Å². The van der Waals surface area contributed by atoms with Crippen molar-refractivity contribution in [1.29, 1.82) is 0 Å². The maximum atomic E-state index is 13.6. The third kappa shape index (κ3) is 5.21. The van der Waals surface area contributed by atoms with Crippen molar-refractivity contribution in [2.45, 2.75) is 81.6 Å². The Bertz CT molecular complexity index is 1560. The van der Waals surface area contributed by atoms with Crippen LogP contribution in [0.3, 0.4) is 0 Å². The molecule has 1 aliphatic carbocycles. The van der Waals surface area contributed by atoms with Gasteiger partial charge in [0.05, 0.1) is 42.2 Å². The molecular formula is C35H39N5O3. The highest BCUT2D eigenvalue weighted by Crippen LogP contribution is 2.40. The van der Waals surface area contributed by atoms with Crippen LogP contribution in [0.1, 0.15) is 73.5 Å². The zero-order valence-electron chi connectivity index (χ0n) is 24.5. The molecule has 8 nitrogen and oxygen atoms in total. The van der Waals surface area contributed by atoms with Gasteiger partial charge in [0, 0.05) is 34.8 Å². The van der Waals surface area contributed by atoms with E-state index in [-0.39, 0.29) is 18.1 Å². The number of aromatic amines is 1. The summed E-state index contributed by atoms with van der Waals surface area (Å²) in [6.45, 7) is 1.78. The lowest BCUT2D eigenvalue weighted by Crippen LogP contribution is -2.57. The van der Waals surface area contributed by atoms with Gasteiger partial charge in [-0.15, -0.1) is 0 Å². The molecule has 8 heteroatoms. The average molecular weight is 578 g/mol. The summed E-state index contributed by atoms with van der Waals surface area (Å²) in [6.07, 6.45) is 11.4. The Hall–Kier alpha value is -3.75. The summed E-state index contributed by atoms with van der Waals surface area (Å²) in [5.41, 5.74) is 4.29. The molecule has 2 aromatic heterocycles. The first-order chi connectivity index (χ1) is 21.2. The zero-order chi connectivity index (χ0) is 28.8. The first-order valence-corrected chi connectivity index (χ1v) is 16.0. The Morgan fingerprint density at radius 1 is 0.953 bits per heavy atom. The topological polar surface area (TPSA) is 92.4 Å². The van der Waals surface area contributed by atoms with E-state index in [4.69, 9.17) is 9.47 Å². The monoisotopic (exact) mass is 577 g/mol. The molecule has 2 N–H and O–H groups in total. The van der Waals surface area contributed by atoms with Gasteiger partial charge in [0.25, 0.3) is 5.91 Å². The highest BCUT2D eigenvalue weighted by atomic mass is 16.5. The molecule has 4 aliphatic rings. The first kappa shape index (κ1) is 26.8. The Labute approximate surface area is 252 Å². The van der Waals surface area contributed by atoms with Crippen LogP contribution in [0.25, 0.3) is 22.2 Å². The highest BCUT2D eigenvalue weighted by Gasteiger charge is 2.46. The Kier molecular flexibility index (Phi) is 7.11. The van der Waals surface area contributed by atoms with E-state index in [1.54, 1.807) is 0 Å². The summed E-state index contributed by atoms with van der Waals surface area (Å²) >= 11 is 0. The molecule has 43 heavy (non-hydrogen) atoms. The number of H-pyrrole nitrogens is 1. The maximum Gasteiger partial charge on any atom is 0.251 e. The van der Waals surface area contributed by atoms with Crippen molar-refractivity contribution in [3.63, 3.8) is 0 Å². The van der Waals surface area contributed by atoms with Crippen LogP contribution in [0.5, 0.6) is 5.75 Å². The quantitative estimate of drug-likeness (QED) is 0.265. The number of nitrogens with one attached hydrogen (secondary N) is 2. The van der Waals surface area contributed by atoms with Crippen molar-refractivity contribution in [2.75, 3.05) is 13.2 Å². The minimum absolute atomic E-state index is 0.0785. The lowest BCUT2D eigenvalue weighted by molar-refractivity contribution is -0.102. The lowest BCUT2D eigenvalue weighted by atomic mass is 9.94. The second kappa shape index (κ2) is 11.4. The lowest BCUT2D eigenvalue weighted by Gasteiger charge is -2.46. The maximum absolute atomic E-state index is 13.6. The molecule has 4 aromatic rings. The van der Waals surface area contributed by atoms with E-state index in [1.165, 1.54) is 25.7 Å². The number of carbonyl (C=O) groups is 1. The van der Waals surface area contributed by atoms with Gasteiger partial charge in [-0.25, -0.2) is 0 Å². The molecule has 8 rings (SSSR count). The van der Waals surface area contributed by atoms with Crippen LogP contribution in [0, 0.1) is 5.92 Å². The number of aromatic nitrogens is 3. The van der Waals surface area contributed by atoms with E-state index in [9.17, 15) is 4.79 Å². The van der Waals surface area contributed by atoms with Crippen LogP contribution >= 0.6 is 0 Å². The van der Waals surface area contributed by atoms with Crippen LogP contribution in [0.15, 0.2) is 66.9 Å². The second-order valence-electron chi connectivity index (χ2n) is 12.8. The fourth-order valence-electron chi connectivity index (χ4n) is 8.02. The van der Waals surface area contributed by atoms with Crippen molar-refractivity contribution in [1.82, 2.24) is 25.4 Å². The standard InChI is InChI=1S/C35H39N5O3/c41-35(37-34(22-5-1-2-6-22)32-7-3-4-16-36-32)24-10-15-31-30(17-24)33(39-38-31)23-8-13-28(14-9-23)43-29-18-25-11-12-26(19-29)40(25)27-20-42-21-27/h3-4,7-10,13-17,22,25-27,29,34H,1-2,5-6,11-12,18-21H2,(H,37,41)(H,38,39)/t25-,26+,29-,34?. The van der Waals surface area contributed by atoms with Gasteiger partial charge >= 0.3 is 0 Å². The minimum atomic E-state index is -0.0853. The van der Waals surface area contributed by atoms with Gasteiger partial charge in [0.15, 0.2) is 0 Å². The fraction of sp³-hybridized carbons (Fsp3) is 0.457. The Morgan fingerprint density at radius 2 is 1.74 bits per heavy atom. The van der Waals surface area contributed by atoms with Gasteiger partial charge in [-0.3, -0.25) is 19.8 Å². The summed E-state index contributed by atoms with van der Waals surface area (Å²) in [5, 5.41) is 12.0. The predicted octanol–water partition coefficient (Wildman–Crippen LogP) is 6.06. The molecule has 2 aromatic carbocycles. The average Bonchev–Trinajstić information content (AvgIpc) is 3.75. The molecule has 2 bridgehead atoms. The molecule has 1 unspecified atom stereocenters. The van der Waals surface area contributed by atoms with Crippen molar-refractivity contribution in [3.05, 3.63) is 78.1 Å². The van der Waals surface area contributed by atoms with E-state index in [0.29, 0.717) is 29.6 Å². The third-order valence-corrected chi connectivity index (χ3v) is 10.2. The molecular weight excluding hydrogens is 538 g/mol. The Morgan fingerprint density at radius 3 is 2.44 bits per heavy atom. The predicted molar refractivity (Wildman–Crippen MR) is 165 cm³/mol. The minimum Gasteiger partial charge on any atom is -0.490 e. The number of amides is 1. The molecule has 4 atom stereocenters.